The summed E-state index contributed by atoms with van der Waals surface area (Å²) in [7, 11) is -3.22. The highest BCUT2D eigenvalue weighted by Crippen LogP contribution is 2.14. The van der Waals surface area contributed by atoms with Crippen molar-refractivity contribution in [2.45, 2.75) is 13.3 Å². The Morgan fingerprint density at radius 3 is 2.43 bits per heavy atom. The summed E-state index contributed by atoms with van der Waals surface area (Å²) in [6.07, 6.45) is 2.76. The van der Waals surface area contributed by atoms with Gasteiger partial charge in [0.1, 0.15) is 5.82 Å². The minimum absolute atomic E-state index is 0.147. The molecule has 2 aromatic rings. The molecule has 1 aromatic heterocycles. The molecule has 0 radical (unpaired) electrons. The molecular formula is C21H30N4O2S. The molecule has 1 aliphatic rings. The molecule has 0 saturated carbocycles. The van der Waals surface area contributed by atoms with Crippen molar-refractivity contribution in [3.05, 3.63) is 60.3 Å². The van der Waals surface area contributed by atoms with E-state index < -0.39 is 10.0 Å². The first kappa shape index (κ1) is 20.8. The molecule has 7 heteroatoms. The van der Waals surface area contributed by atoms with E-state index in [0.29, 0.717) is 38.6 Å². The molecule has 1 atom stereocenters. The van der Waals surface area contributed by atoms with Crippen LogP contribution in [0.3, 0.4) is 0 Å². The van der Waals surface area contributed by atoms with E-state index in [0.717, 1.165) is 18.8 Å². The number of piperazine rings is 1. The minimum atomic E-state index is -3.22. The van der Waals surface area contributed by atoms with Crippen LogP contribution in [-0.4, -0.2) is 62.7 Å². The molecule has 1 aliphatic heterocycles. The molecule has 0 amide bonds. The Balaban J connectivity index is 1.37. The lowest BCUT2D eigenvalue weighted by Crippen LogP contribution is -2.50. The van der Waals surface area contributed by atoms with Gasteiger partial charge in [0.25, 0.3) is 0 Å². The van der Waals surface area contributed by atoms with Crippen molar-refractivity contribution in [2.24, 2.45) is 5.92 Å². The second-order valence-electron chi connectivity index (χ2n) is 7.39. The quantitative estimate of drug-likeness (QED) is 0.650. The highest BCUT2D eigenvalue weighted by Gasteiger charge is 2.26. The Kier molecular flexibility index (Phi) is 7.42. The van der Waals surface area contributed by atoms with Gasteiger partial charge in [0.2, 0.25) is 10.0 Å². The number of benzene rings is 1. The number of aromatic nitrogens is 1. The number of sulfonamides is 1. The molecule has 3 rings (SSSR count). The van der Waals surface area contributed by atoms with Crippen LogP contribution >= 0.6 is 0 Å². The Bertz CT molecular complexity index is 807. The third-order valence-corrected chi connectivity index (χ3v) is 6.93. The van der Waals surface area contributed by atoms with Crippen LogP contribution in [0.2, 0.25) is 0 Å². The van der Waals surface area contributed by atoms with Crippen LogP contribution in [0, 0.1) is 5.92 Å². The van der Waals surface area contributed by atoms with E-state index >= 15 is 0 Å². The Labute approximate surface area is 168 Å². The summed E-state index contributed by atoms with van der Waals surface area (Å²) in [5.74, 6) is 1.52. The van der Waals surface area contributed by atoms with Crippen LogP contribution in [0.1, 0.15) is 12.5 Å². The lowest BCUT2D eigenvalue weighted by atomic mass is 10.0. The van der Waals surface area contributed by atoms with Gasteiger partial charge in [-0.3, -0.25) is 0 Å². The molecule has 0 unspecified atom stereocenters. The maximum absolute atomic E-state index is 12.6. The molecule has 1 fully saturated rings. The molecule has 2 heterocycles. The van der Waals surface area contributed by atoms with Gasteiger partial charge in [-0.05, 0) is 36.6 Å². The zero-order valence-corrected chi connectivity index (χ0v) is 17.3. The van der Waals surface area contributed by atoms with Gasteiger partial charge in [-0.15, -0.1) is 0 Å². The van der Waals surface area contributed by atoms with Crippen molar-refractivity contribution >= 4 is 15.8 Å². The number of pyridine rings is 1. The van der Waals surface area contributed by atoms with Crippen molar-refractivity contribution < 1.29 is 8.42 Å². The van der Waals surface area contributed by atoms with Gasteiger partial charge < -0.3 is 10.2 Å². The normalized spacial score (nSPS) is 16.8. The van der Waals surface area contributed by atoms with E-state index in [2.05, 4.69) is 46.4 Å². The second kappa shape index (κ2) is 10.0. The third-order valence-electron chi connectivity index (χ3n) is 5.06. The fourth-order valence-corrected chi connectivity index (χ4v) is 4.88. The van der Waals surface area contributed by atoms with Crippen LogP contribution in [0.4, 0.5) is 5.82 Å². The predicted octanol–water partition coefficient (Wildman–Crippen LogP) is 2.00. The zero-order valence-electron chi connectivity index (χ0n) is 16.5. The maximum Gasteiger partial charge on any atom is 0.215 e. The smallest absolute Gasteiger partial charge is 0.215 e. The van der Waals surface area contributed by atoms with E-state index in [1.807, 2.05) is 24.3 Å². The maximum atomic E-state index is 12.6. The SMILES string of the molecule is C[C@@H](CNCCS(=O)(=O)N1CCN(c2ccccn2)CC1)Cc1ccccc1. The Morgan fingerprint density at radius 2 is 1.75 bits per heavy atom. The summed E-state index contributed by atoms with van der Waals surface area (Å²) in [6.45, 7) is 5.88. The van der Waals surface area contributed by atoms with E-state index in [-0.39, 0.29) is 5.75 Å². The fraction of sp³-hybridized carbons (Fsp3) is 0.476. The number of hydrogen-bond donors (Lipinski definition) is 1. The minimum Gasteiger partial charge on any atom is -0.354 e. The molecule has 0 aliphatic carbocycles. The van der Waals surface area contributed by atoms with Crippen molar-refractivity contribution in [3.63, 3.8) is 0 Å². The number of rotatable bonds is 9. The largest absolute Gasteiger partial charge is 0.354 e. The third kappa shape index (κ3) is 6.02. The standard InChI is InChI=1S/C21H30N4O2S/c1-19(17-20-7-3-2-4-8-20)18-22-11-16-28(26,27)25-14-12-24(13-15-25)21-9-5-6-10-23-21/h2-10,19,22H,11-18H2,1H3/t19-/m1/s1. The molecule has 152 valence electrons. The van der Waals surface area contributed by atoms with E-state index in [1.54, 1.807) is 10.5 Å². The molecular weight excluding hydrogens is 372 g/mol. The topological polar surface area (TPSA) is 65.5 Å². The van der Waals surface area contributed by atoms with E-state index in [9.17, 15) is 8.42 Å². The average molecular weight is 403 g/mol. The highest BCUT2D eigenvalue weighted by molar-refractivity contribution is 7.89. The second-order valence-corrected chi connectivity index (χ2v) is 9.48. The lowest BCUT2D eigenvalue weighted by molar-refractivity contribution is 0.383. The molecule has 1 N–H and O–H groups in total. The van der Waals surface area contributed by atoms with Crippen molar-refractivity contribution in [3.8, 4) is 0 Å². The molecule has 0 bridgehead atoms. The number of nitrogens with one attached hydrogen (secondary N) is 1. The van der Waals surface area contributed by atoms with Crippen LogP contribution in [0.25, 0.3) is 0 Å². The van der Waals surface area contributed by atoms with Crippen molar-refractivity contribution in [1.82, 2.24) is 14.6 Å². The average Bonchev–Trinajstić information content (AvgIpc) is 2.73. The van der Waals surface area contributed by atoms with Gasteiger partial charge in [-0.1, -0.05) is 43.3 Å². The fourth-order valence-electron chi connectivity index (χ4n) is 3.50. The monoisotopic (exact) mass is 402 g/mol. The highest BCUT2D eigenvalue weighted by atomic mass is 32.2. The van der Waals surface area contributed by atoms with Gasteiger partial charge in [0, 0.05) is 38.9 Å². The van der Waals surface area contributed by atoms with Gasteiger partial charge in [-0.2, -0.15) is 4.31 Å². The molecule has 1 saturated heterocycles. The van der Waals surface area contributed by atoms with Gasteiger partial charge in [0.15, 0.2) is 0 Å². The summed E-state index contributed by atoms with van der Waals surface area (Å²) < 4.78 is 26.8. The number of nitrogens with zero attached hydrogens (tertiary/aromatic N) is 3. The lowest BCUT2D eigenvalue weighted by Gasteiger charge is -2.34. The van der Waals surface area contributed by atoms with Crippen LogP contribution < -0.4 is 10.2 Å². The van der Waals surface area contributed by atoms with Gasteiger partial charge in [-0.25, -0.2) is 13.4 Å². The van der Waals surface area contributed by atoms with E-state index in [4.69, 9.17) is 0 Å². The first-order chi connectivity index (χ1) is 13.5. The summed E-state index contributed by atoms with van der Waals surface area (Å²) in [4.78, 5) is 6.48. The van der Waals surface area contributed by atoms with Gasteiger partial charge in [0.05, 0.1) is 5.75 Å². The molecule has 28 heavy (non-hydrogen) atoms. The summed E-state index contributed by atoms with van der Waals surface area (Å²) in [5, 5.41) is 3.31. The van der Waals surface area contributed by atoms with Crippen molar-refractivity contribution in [1.29, 1.82) is 0 Å². The van der Waals surface area contributed by atoms with Crippen LogP contribution in [0.5, 0.6) is 0 Å². The molecule has 1 aromatic carbocycles. The number of anilines is 1. The van der Waals surface area contributed by atoms with Gasteiger partial charge >= 0.3 is 0 Å². The van der Waals surface area contributed by atoms with Crippen molar-refractivity contribution in [2.75, 3.05) is 49.9 Å². The zero-order chi connectivity index (χ0) is 19.8. The molecule has 6 nitrogen and oxygen atoms in total. The molecule has 0 spiro atoms. The summed E-state index contributed by atoms with van der Waals surface area (Å²) in [6, 6.07) is 16.2. The Morgan fingerprint density at radius 1 is 1.04 bits per heavy atom. The summed E-state index contributed by atoms with van der Waals surface area (Å²) in [5.41, 5.74) is 1.31. The first-order valence-corrected chi connectivity index (χ1v) is 11.5. The van der Waals surface area contributed by atoms with Crippen LogP contribution in [-0.2, 0) is 16.4 Å². The number of hydrogen-bond acceptors (Lipinski definition) is 5. The van der Waals surface area contributed by atoms with E-state index in [1.165, 1.54) is 5.56 Å². The summed E-state index contributed by atoms with van der Waals surface area (Å²) >= 11 is 0. The first-order valence-electron chi connectivity index (χ1n) is 9.93. The Hall–Kier alpha value is -1.96. The predicted molar refractivity (Wildman–Crippen MR) is 114 cm³/mol. The van der Waals surface area contributed by atoms with Crippen LogP contribution in [0.15, 0.2) is 54.7 Å².